The van der Waals surface area contributed by atoms with Crippen molar-refractivity contribution in [3.05, 3.63) is 170 Å². The van der Waals surface area contributed by atoms with Crippen LogP contribution in [0.2, 0.25) is 0 Å². The zero-order chi connectivity index (χ0) is 32.3. The first-order chi connectivity index (χ1) is 24.2. The van der Waals surface area contributed by atoms with Crippen LogP contribution in [-0.4, -0.2) is 4.98 Å². The molecule has 10 aromatic rings. The lowest BCUT2D eigenvalue weighted by atomic mass is 10.0. The minimum Gasteiger partial charge on any atom is -0.456 e. The van der Waals surface area contributed by atoms with E-state index < -0.39 is 0 Å². The molecule has 4 heteroatoms. The Balaban J connectivity index is 1.14. The van der Waals surface area contributed by atoms with Gasteiger partial charge in [0.05, 0.1) is 0 Å². The summed E-state index contributed by atoms with van der Waals surface area (Å²) >= 11 is 0. The Morgan fingerprint density at radius 3 is 1.84 bits per heavy atom. The van der Waals surface area contributed by atoms with Gasteiger partial charge in [0.15, 0.2) is 5.58 Å². The largest absolute Gasteiger partial charge is 0.456 e. The SMILES string of the molecule is c1ccc(-c2ccc(N(c3ccc4c(ccc5ccccc54)c3)c3ccc4oc5cc6oc(-c7ccccc7)nc6cc5c4c3)cc2)cc1. The second kappa shape index (κ2) is 11.0. The standard InChI is InChI=1S/C45H28N2O2/c1-3-9-29(10-4-1)30-17-19-34(20-18-30)47(35-21-23-38-33(25-35)16-15-31-11-7-8-14-37(31)38)36-22-24-42-39(26-36)40-27-41-44(28-43(40)48-42)49-45(46-41)32-12-5-2-6-13-32/h1-28H. The molecule has 0 amide bonds. The minimum atomic E-state index is 0.599. The van der Waals surface area contributed by atoms with E-state index in [1.165, 1.54) is 32.7 Å². The predicted octanol–water partition coefficient (Wildman–Crippen LogP) is 12.8. The van der Waals surface area contributed by atoms with Crippen LogP contribution in [0.3, 0.4) is 0 Å². The number of furan rings is 1. The average Bonchev–Trinajstić information content (AvgIpc) is 3.75. The molecule has 230 valence electrons. The molecule has 0 aliphatic rings. The molecule has 0 bridgehead atoms. The van der Waals surface area contributed by atoms with Gasteiger partial charge in [-0.25, -0.2) is 4.98 Å². The van der Waals surface area contributed by atoms with E-state index in [0.717, 1.165) is 50.1 Å². The summed E-state index contributed by atoms with van der Waals surface area (Å²) in [6.07, 6.45) is 0. The number of anilines is 3. The highest BCUT2D eigenvalue weighted by Gasteiger charge is 2.18. The van der Waals surface area contributed by atoms with Gasteiger partial charge < -0.3 is 13.7 Å². The summed E-state index contributed by atoms with van der Waals surface area (Å²) in [6.45, 7) is 0. The average molecular weight is 629 g/mol. The van der Waals surface area contributed by atoms with E-state index in [2.05, 4.69) is 132 Å². The maximum absolute atomic E-state index is 6.38. The van der Waals surface area contributed by atoms with Crippen molar-refractivity contribution in [2.24, 2.45) is 0 Å². The van der Waals surface area contributed by atoms with Crippen LogP contribution in [0.4, 0.5) is 17.1 Å². The Morgan fingerprint density at radius 1 is 0.367 bits per heavy atom. The first-order valence-corrected chi connectivity index (χ1v) is 16.4. The molecule has 0 aliphatic carbocycles. The van der Waals surface area contributed by atoms with Gasteiger partial charge in [0.1, 0.15) is 16.7 Å². The Labute approximate surface area is 282 Å². The summed E-state index contributed by atoms with van der Waals surface area (Å²) in [5, 5.41) is 6.96. The Kier molecular flexibility index (Phi) is 6.15. The molecule has 0 saturated carbocycles. The molecule has 2 aromatic heterocycles. The van der Waals surface area contributed by atoms with Crippen LogP contribution in [0.25, 0.3) is 77.2 Å². The minimum absolute atomic E-state index is 0.599. The monoisotopic (exact) mass is 628 g/mol. The summed E-state index contributed by atoms with van der Waals surface area (Å²) < 4.78 is 12.5. The van der Waals surface area contributed by atoms with Gasteiger partial charge in [0.2, 0.25) is 5.89 Å². The molecule has 8 aromatic carbocycles. The zero-order valence-electron chi connectivity index (χ0n) is 26.4. The fourth-order valence-corrected chi connectivity index (χ4v) is 7.05. The first kappa shape index (κ1) is 27.5. The van der Waals surface area contributed by atoms with E-state index in [9.17, 15) is 0 Å². The molecule has 0 saturated heterocycles. The van der Waals surface area contributed by atoms with E-state index in [0.29, 0.717) is 11.5 Å². The highest BCUT2D eigenvalue weighted by Crippen LogP contribution is 2.41. The highest BCUT2D eigenvalue weighted by atomic mass is 16.4. The third-order valence-electron chi connectivity index (χ3n) is 9.46. The van der Waals surface area contributed by atoms with Crippen molar-refractivity contribution in [2.75, 3.05) is 4.90 Å². The molecule has 0 N–H and O–H groups in total. The van der Waals surface area contributed by atoms with Crippen LogP contribution < -0.4 is 4.90 Å². The Bertz CT molecular complexity index is 2820. The molecule has 0 spiro atoms. The van der Waals surface area contributed by atoms with Crippen LogP contribution in [0, 0.1) is 0 Å². The van der Waals surface area contributed by atoms with Gasteiger partial charge in [-0.2, -0.15) is 0 Å². The third kappa shape index (κ3) is 4.65. The van der Waals surface area contributed by atoms with Crippen molar-refractivity contribution in [3.8, 4) is 22.6 Å². The highest BCUT2D eigenvalue weighted by molar-refractivity contribution is 6.11. The van der Waals surface area contributed by atoms with Crippen LogP contribution in [0.5, 0.6) is 0 Å². The summed E-state index contributed by atoms with van der Waals surface area (Å²) in [5.41, 5.74) is 9.59. The zero-order valence-corrected chi connectivity index (χ0v) is 26.4. The topological polar surface area (TPSA) is 42.4 Å². The molecular weight excluding hydrogens is 601 g/mol. The Morgan fingerprint density at radius 2 is 1.00 bits per heavy atom. The smallest absolute Gasteiger partial charge is 0.227 e. The number of fused-ring (bicyclic) bond motifs is 7. The molecule has 0 atom stereocenters. The van der Waals surface area contributed by atoms with E-state index in [1.807, 2.05) is 42.5 Å². The molecule has 0 fully saturated rings. The van der Waals surface area contributed by atoms with Crippen molar-refractivity contribution in [1.29, 1.82) is 0 Å². The van der Waals surface area contributed by atoms with Crippen molar-refractivity contribution >= 4 is 71.6 Å². The summed E-state index contributed by atoms with van der Waals surface area (Å²) in [6, 6.07) is 59.5. The molecule has 49 heavy (non-hydrogen) atoms. The Hall–Kier alpha value is -6.65. The van der Waals surface area contributed by atoms with Crippen molar-refractivity contribution in [2.45, 2.75) is 0 Å². The molecule has 2 heterocycles. The van der Waals surface area contributed by atoms with Crippen molar-refractivity contribution in [3.63, 3.8) is 0 Å². The second-order valence-corrected chi connectivity index (χ2v) is 12.4. The second-order valence-electron chi connectivity index (χ2n) is 12.4. The number of hydrogen-bond donors (Lipinski definition) is 0. The van der Waals surface area contributed by atoms with Gasteiger partial charge >= 0.3 is 0 Å². The lowest BCUT2D eigenvalue weighted by molar-refractivity contribution is 0.617. The van der Waals surface area contributed by atoms with Gasteiger partial charge in [-0.15, -0.1) is 0 Å². The van der Waals surface area contributed by atoms with E-state index in [-0.39, 0.29) is 0 Å². The molecule has 0 radical (unpaired) electrons. The predicted molar refractivity (Wildman–Crippen MR) is 202 cm³/mol. The number of hydrogen-bond acceptors (Lipinski definition) is 4. The lowest BCUT2D eigenvalue weighted by Crippen LogP contribution is -2.09. The maximum Gasteiger partial charge on any atom is 0.227 e. The quantitative estimate of drug-likeness (QED) is 0.178. The van der Waals surface area contributed by atoms with Gasteiger partial charge in [-0.05, 0) is 93.3 Å². The number of benzene rings is 8. The number of aromatic nitrogens is 1. The fraction of sp³-hybridized carbons (Fsp3) is 0. The van der Waals surface area contributed by atoms with Crippen LogP contribution in [0.1, 0.15) is 0 Å². The van der Waals surface area contributed by atoms with Gasteiger partial charge in [0.25, 0.3) is 0 Å². The first-order valence-electron chi connectivity index (χ1n) is 16.4. The van der Waals surface area contributed by atoms with Crippen molar-refractivity contribution in [1.82, 2.24) is 4.98 Å². The fourth-order valence-electron chi connectivity index (χ4n) is 7.05. The van der Waals surface area contributed by atoms with Crippen LogP contribution in [-0.2, 0) is 0 Å². The van der Waals surface area contributed by atoms with Crippen molar-refractivity contribution < 1.29 is 8.83 Å². The maximum atomic E-state index is 6.38. The summed E-state index contributed by atoms with van der Waals surface area (Å²) in [4.78, 5) is 7.16. The summed E-state index contributed by atoms with van der Waals surface area (Å²) in [7, 11) is 0. The van der Waals surface area contributed by atoms with Gasteiger partial charge in [-0.3, -0.25) is 0 Å². The van der Waals surface area contributed by atoms with E-state index in [4.69, 9.17) is 13.8 Å². The summed E-state index contributed by atoms with van der Waals surface area (Å²) in [5.74, 6) is 0.599. The molecule has 4 nitrogen and oxygen atoms in total. The van der Waals surface area contributed by atoms with Crippen LogP contribution in [0.15, 0.2) is 179 Å². The van der Waals surface area contributed by atoms with Gasteiger partial charge in [-0.1, -0.05) is 103 Å². The van der Waals surface area contributed by atoms with Gasteiger partial charge in [0, 0.05) is 39.5 Å². The molecule has 0 unspecified atom stereocenters. The number of oxazole rings is 1. The van der Waals surface area contributed by atoms with E-state index >= 15 is 0 Å². The van der Waals surface area contributed by atoms with E-state index in [1.54, 1.807) is 0 Å². The third-order valence-corrected chi connectivity index (χ3v) is 9.46. The van der Waals surface area contributed by atoms with Crippen LogP contribution >= 0.6 is 0 Å². The molecule has 0 aliphatic heterocycles. The molecular formula is C45H28N2O2. The number of nitrogens with zero attached hydrogens (tertiary/aromatic N) is 2. The lowest BCUT2D eigenvalue weighted by Gasteiger charge is -2.26. The molecule has 10 rings (SSSR count). The number of rotatable bonds is 5. The normalized spacial score (nSPS) is 11.7.